The molecule has 1 unspecified atom stereocenters. The molecule has 2 heterocycles. The van der Waals surface area contributed by atoms with Crippen LogP contribution in [0.25, 0.3) is 0 Å². The molecule has 2 aliphatic heterocycles. The maximum atomic E-state index is 13.2. The highest BCUT2D eigenvalue weighted by Gasteiger charge is 2.43. The first-order valence-electron chi connectivity index (χ1n) is 9.97. The van der Waals surface area contributed by atoms with Gasteiger partial charge in [-0.15, -0.1) is 0 Å². The number of carbonyl (C=O) groups is 2. The summed E-state index contributed by atoms with van der Waals surface area (Å²) in [4.78, 5) is 28.8. The van der Waals surface area contributed by atoms with Crippen molar-refractivity contribution in [3.8, 4) is 5.75 Å². The fourth-order valence-corrected chi connectivity index (χ4v) is 4.43. The molecule has 1 saturated carbocycles. The summed E-state index contributed by atoms with van der Waals surface area (Å²) in [6, 6.07) is 5.85. The van der Waals surface area contributed by atoms with Crippen LogP contribution in [0.2, 0.25) is 0 Å². The summed E-state index contributed by atoms with van der Waals surface area (Å²) >= 11 is 0. The van der Waals surface area contributed by atoms with Gasteiger partial charge in [-0.25, -0.2) is 4.39 Å². The van der Waals surface area contributed by atoms with E-state index in [-0.39, 0.29) is 29.7 Å². The van der Waals surface area contributed by atoms with Gasteiger partial charge in [-0.2, -0.15) is 0 Å². The van der Waals surface area contributed by atoms with Crippen molar-refractivity contribution in [2.75, 3.05) is 32.8 Å². The molecule has 1 aromatic rings. The quantitative estimate of drug-likeness (QED) is 0.796. The molecule has 1 atom stereocenters. The average Bonchev–Trinajstić information content (AvgIpc) is 3.47. The van der Waals surface area contributed by atoms with E-state index in [0.717, 1.165) is 38.9 Å². The molecule has 27 heavy (non-hydrogen) atoms. The number of ether oxygens (including phenoxy) is 1. The van der Waals surface area contributed by atoms with Crippen LogP contribution in [0, 0.1) is 17.2 Å². The third-order valence-electron chi connectivity index (χ3n) is 6.10. The van der Waals surface area contributed by atoms with Gasteiger partial charge >= 0.3 is 0 Å². The van der Waals surface area contributed by atoms with E-state index in [2.05, 4.69) is 0 Å². The first kappa shape index (κ1) is 18.3. The van der Waals surface area contributed by atoms with Crippen LogP contribution in [0.1, 0.15) is 38.5 Å². The van der Waals surface area contributed by atoms with E-state index in [9.17, 15) is 14.0 Å². The molecule has 0 aromatic heterocycles. The van der Waals surface area contributed by atoms with Gasteiger partial charge in [0.1, 0.15) is 11.6 Å². The van der Waals surface area contributed by atoms with E-state index in [1.54, 1.807) is 12.1 Å². The molecular weight excluding hydrogens is 347 g/mol. The first-order chi connectivity index (χ1) is 13.0. The number of rotatable bonds is 5. The molecule has 146 valence electrons. The van der Waals surface area contributed by atoms with Gasteiger partial charge in [0.05, 0.1) is 0 Å². The molecule has 4 rings (SSSR count). The fraction of sp³-hybridized carbons (Fsp3) is 0.619. The van der Waals surface area contributed by atoms with Crippen molar-refractivity contribution in [3.05, 3.63) is 30.1 Å². The first-order valence-corrected chi connectivity index (χ1v) is 9.97. The lowest BCUT2D eigenvalue weighted by molar-refractivity contribution is -0.144. The maximum absolute atomic E-state index is 13.2. The molecule has 0 N–H and O–H groups in total. The van der Waals surface area contributed by atoms with E-state index in [1.807, 2.05) is 9.80 Å². The Morgan fingerprint density at radius 3 is 2.89 bits per heavy atom. The molecule has 2 amide bonds. The summed E-state index contributed by atoms with van der Waals surface area (Å²) < 4.78 is 18.7. The standard InChI is InChI=1S/C21H27FN2O3/c22-17-3-1-4-18(11-17)27-13-20(26)23-10-2-8-21(14-23)9-7-19(25)24(15-21)12-16-5-6-16/h1,3-4,11,16H,2,5-10,12-15H2. The second-order valence-electron chi connectivity index (χ2n) is 8.38. The number of nitrogens with zero attached hydrogens (tertiary/aromatic N) is 2. The predicted octanol–water partition coefficient (Wildman–Crippen LogP) is 2.85. The summed E-state index contributed by atoms with van der Waals surface area (Å²) in [6.45, 7) is 2.99. The molecule has 5 nitrogen and oxygen atoms in total. The Morgan fingerprint density at radius 1 is 1.26 bits per heavy atom. The Labute approximate surface area is 159 Å². The van der Waals surface area contributed by atoms with Crippen LogP contribution in [0.5, 0.6) is 5.75 Å². The molecule has 6 heteroatoms. The summed E-state index contributed by atoms with van der Waals surface area (Å²) in [5.74, 6) is 0.882. The number of benzene rings is 1. The lowest BCUT2D eigenvalue weighted by Gasteiger charge is -2.48. The monoisotopic (exact) mass is 374 g/mol. The zero-order valence-electron chi connectivity index (χ0n) is 15.7. The lowest BCUT2D eigenvalue weighted by Crippen LogP contribution is -2.55. The zero-order chi connectivity index (χ0) is 18.9. The smallest absolute Gasteiger partial charge is 0.260 e. The van der Waals surface area contributed by atoms with E-state index in [0.29, 0.717) is 24.6 Å². The van der Waals surface area contributed by atoms with Crippen molar-refractivity contribution in [3.63, 3.8) is 0 Å². The van der Waals surface area contributed by atoms with Crippen molar-refractivity contribution in [2.45, 2.75) is 38.5 Å². The molecular formula is C21H27FN2O3. The van der Waals surface area contributed by atoms with Crippen LogP contribution in [0.3, 0.4) is 0 Å². The number of amides is 2. The van der Waals surface area contributed by atoms with Crippen molar-refractivity contribution < 1.29 is 18.7 Å². The van der Waals surface area contributed by atoms with E-state index >= 15 is 0 Å². The molecule has 3 fully saturated rings. The van der Waals surface area contributed by atoms with Crippen LogP contribution in [-0.2, 0) is 9.59 Å². The number of hydrogen-bond donors (Lipinski definition) is 0. The molecule has 0 bridgehead atoms. The third kappa shape index (κ3) is 4.42. The molecule has 1 aromatic carbocycles. The van der Waals surface area contributed by atoms with Gasteiger partial charge in [0, 0.05) is 44.1 Å². The van der Waals surface area contributed by atoms with Gasteiger partial charge in [0.2, 0.25) is 5.91 Å². The summed E-state index contributed by atoms with van der Waals surface area (Å²) in [6.07, 6.45) is 5.95. The number of likely N-dealkylation sites (tertiary alicyclic amines) is 2. The van der Waals surface area contributed by atoms with Crippen molar-refractivity contribution in [1.82, 2.24) is 9.80 Å². The lowest BCUT2D eigenvalue weighted by atomic mass is 9.73. The maximum Gasteiger partial charge on any atom is 0.260 e. The van der Waals surface area contributed by atoms with Gasteiger partial charge in [-0.3, -0.25) is 9.59 Å². The van der Waals surface area contributed by atoms with E-state index < -0.39 is 0 Å². The molecule has 1 spiro atoms. The van der Waals surface area contributed by atoms with E-state index in [4.69, 9.17) is 4.74 Å². The largest absolute Gasteiger partial charge is 0.484 e. The normalized spacial score (nSPS) is 25.7. The summed E-state index contributed by atoms with van der Waals surface area (Å²) in [5.41, 5.74) is 0.0234. The Kier molecular flexibility index (Phi) is 5.06. The third-order valence-corrected chi connectivity index (χ3v) is 6.10. The number of piperidine rings is 2. The highest BCUT2D eigenvalue weighted by atomic mass is 19.1. The molecule has 0 radical (unpaired) electrons. The Hall–Kier alpha value is -2.11. The second kappa shape index (κ2) is 7.49. The number of carbonyl (C=O) groups excluding carboxylic acids is 2. The second-order valence-corrected chi connectivity index (χ2v) is 8.38. The molecule has 3 aliphatic rings. The Bertz CT molecular complexity index is 721. The van der Waals surface area contributed by atoms with Gasteiger partial charge in [0.15, 0.2) is 6.61 Å². The summed E-state index contributed by atoms with van der Waals surface area (Å²) in [5, 5.41) is 0. The summed E-state index contributed by atoms with van der Waals surface area (Å²) in [7, 11) is 0. The Balaban J connectivity index is 1.35. The number of hydrogen-bond acceptors (Lipinski definition) is 3. The van der Waals surface area contributed by atoms with Crippen LogP contribution in [-0.4, -0.2) is 54.4 Å². The fourth-order valence-electron chi connectivity index (χ4n) is 4.43. The van der Waals surface area contributed by atoms with Gasteiger partial charge in [0.25, 0.3) is 5.91 Å². The SMILES string of the molecule is O=C(COc1cccc(F)c1)N1CCCC2(CCC(=O)N(CC3CC3)C2)C1. The highest BCUT2D eigenvalue weighted by Crippen LogP contribution is 2.40. The van der Waals surface area contributed by atoms with Gasteiger partial charge in [-0.1, -0.05) is 6.07 Å². The average molecular weight is 374 g/mol. The minimum absolute atomic E-state index is 0.0234. The van der Waals surface area contributed by atoms with Crippen LogP contribution in [0.15, 0.2) is 24.3 Å². The minimum Gasteiger partial charge on any atom is -0.484 e. The highest BCUT2D eigenvalue weighted by molar-refractivity contribution is 5.79. The van der Waals surface area contributed by atoms with Crippen molar-refractivity contribution >= 4 is 11.8 Å². The molecule has 1 aliphatic carbocycles. The zero-order valence-corrected chi connectivity index (χ0v) is 15.7. The van der Waals surface area contributed by atoms with Crippen molar-refractivity contribution in [1.29, 1.82) is 0 Å². The van der Waals surface area contributed by atoms with Crippen LogP contribution in [0.4, 0.5) is 4.39 Å². The van der Waals surface area contributed by atoms with Gasteiger partial charge < -0.3 is 14.5 Å². The van der Waals surface area contributed by atoms with E-state index in [1.165, 1.54) is 25.0 Å². The van der Waals surface area contributed by atoms with Crippen LogP contribution < -0.4 is 4.74 Å². The minimum atomic E-state index is -0.375. The van der Waals surface area contributed by atoms with Crippen molar-refractivity contribution in [2.24, 2.45) is 11.3 Å². The Morgan fingerprint density at radius 2 is 2.11 bits per heavy atom. The van der Waals surface area contributed by atoms with Crippen LogP contribution >= 0.6 is 0 Å². The topological polar surface area (TPSA) is 49.9 Å². The number of halogens is 1. The predicted molar refractivity (Wildman–Crippen MR) is 98.7 cm³/mol. The van der Waals surface area contributed by atoms with Gasteiger partial charge in [-0.05, 0) is 50.2 Å². The molecule has 2 saturated heterocycles.